The molecule has 3 amide bonds. The number of carbonyl (C=O) groups is 3. The Labute approximate surface area is 190 Å². The van der Waals surface area contributed by atoms with Gasteiger partial charge in [0.1, 0.15) is 6.42 Å². The molecular formula is C25H21N3O3S. The molecule has 0 aromatic heterocycles. The van der Waals surface area contributed by atoms with Gasteiger partial charge in [-0.2, -0.15) is 4.99 Å². The normalized spacial score (nSPS) is 13.8. The number of amidine groups is 1. The number of anilines is 1. The van der Waals surface area contributed by atoms with Gasteiger partial charge in [0.05, 0.1) is 17.5 Å². The maximum Gasteiger partial charge on any atom is 0.257 e. The standard InChI is InChI=1S/C25H21N3O3S/c29-21-16-23(31)28(20-14-8-3-9-15-20)25(27-21)32-17-22(30)26-24(18-10-4-1-5-11-18)19-12-6-2-7-13-19/h1-15,24H,16-17H2,(H,26,30). The quantitative estimate of drug-likeness (QED) is 0.585. The molecule has 0 radical (unpaired) electrons. The second kappa shape index (κ2) is 10.1. The number of carbonyl (C=O) groups excluding carboxylic acids is 3. The SMILES string of the molecule is O=C1CC(=O)N(c2ccccc2)C(SCC(=O)NC(c2ccccc2)c2ccccc2)=N1. The van der Waals surface area contributed by atoms with Crippen LogP contribution in [0.5, 0.6) is 0 Å². The number of para-hydroxylation sites is 1. The number of amides is 3. The Bertz CT molecular complexity index is 1100. The van der Waals surface area contributed by atoms with E-state index in [1.165, 1.54) is 4.90 Å². The Morgan fingerprint density at radius 2 is 1.41 bits per heavy atom. The summed E-state index contributed by atoms with van der Waals surface area (Å²) in [5, 5.41) is 3.27. The van der Waals surface area contributed by atoms with E-state index in [0.717, 1.165) is 22.9 Å². The van der Waals surface area contributed by atoms with Crippen LogP contribution >= 0.6 is 11.8 Å². The van der Waals surface area contributed by atoms with E-state index in [0.29, 0.717) is 5.69 Å². The Kier molecular flexibility index (Phi) is 6.77. The molecule has 0 fully saturated rings. The van der Waals surface area contributed by atoms with Crippen LogP contribution in [0.4, 0.5) is 5.69 Å². The third-order valence-electron chi connectivity index (χ3n) is 4.88. The number of aliphatic imine (C=N–C) groups is 1. The molecule has 0 bridgehead atoms. The fourth-order valence-electron chi connectivity index (χ4n) is 3.42. The van der Waals surface area contributed by atoms with Crippen molar-refractivity contribution in [2.24, 2.45) is 4.99 Å². The molecule has 0 unspecified atom stereocenters. The summed E-state index contributed by atoms with van der Waals surface area (Å²) in [6, 6.07) is 28.1. The van der Waals surface area contributed by atoms with Crippen LogP contribution in [0.1, 0.15) is 23.6 Å². The minimum atomic E-state index is -0.503. The second-order valence-corrected chi connectivity index (χ2v) is 8.08. The van der Waals surface area contributed by atoms with Gasteiger partial charge in [-0.05, 0) is 23.3 Å². The predicted molar refractivity (Wildman–Crippen MR) is 126 cm³/mol. The van der Waals surface area contributed by atoms with Gasteiger partial charge in [0, 0.05) is 0 Å². The van der Waals surface area contributed by atoms with Crippen LogP contribution < -0.4 is 10.2 Å². The Morgan fingerprint density at radius 1 is 0.875 bits per heavy atom. The summed E-state index contributed by atoms with van der Waals surface area (Å²) in [4.78, 5) is 42.7. The summed E-state index contributed by atoms with van der Waals surface area (Å²) >= 11 is 1.07. The molecule has 1 aliphatic heterocycles. The maximum atomic E-state index is 12.9. The van der Waals surface area contributed by atoms with Gasteiger partial charge < -0.3 is 5.32 Å². The average molecular weight is 444 g/mol. The first-order valence-corrected chi connectivity index (χ1v) is 11.1. The molecule has 32 heavy (non-hydrogen) atoms. The summed E-state index contributed by atoms with van der Waals surface area (Å²) in [6.45, 7) is 0. The number of rotatable bonds is 6. The van der Waals surface area contributed by atoms with Crippen molar-refractivity contribution >= 4 is 40.3 Å². The first-order valence-electron chi connectivity index (χ1n) is 10.1. The smallest absolute Gasteiger partial charge is 0.257 e. The number of thioether (sulfide) groups is 1. The van der Waals surface area contributed by atoms with Gasteiger partial charge in [0.25, 0.3) is 5.91 Å². The van der Waals surface area contributed by atoms with Crippen molar-refractivity contribution in [1.29, 1.82) is 0 Å². The molecule has 160 valence electrons. The first-order chi connectivity index (χ1) is 15.6. The van der Waals surface area contributed by atoms with Crippen LogP contribution in [0.2, 0.25) is 0 Å². The third kappa shape index (κ3) is 5.12. The number of nitrogens with zero attached hydrogens (tertiary/aromatic N) is 2. The molecule has 1 heterocycles. The van der Waals surface area contributed by atoms with Crippen LogP contribution in [0.25, 0.3) is 0 Å². The van der Waals surface area contributed by atoms with Gasteiger partial charge in [-0.15, -0.1) is 0 Å². The Balaban J connectivity index is 1.50. The first kappa shape index (κ1) is 21.5. The number of hydrogen-bond acceptors (Lipinski definition) is 4. The highest BCUT2D eigenvalue weighted by Gasteiger charge is 2.30. The zero-order chi connectivity index (χ0) is 22.3. The van der Waals surface area contributed by atoms with Crippen molar-refractivity contribution in [2.45, 2.75) is 12.5 Å². The van der Waals surface area contributed by atoms with Crippen LogP contribution in [-0.4, -0.2) is 28.6 Å². The summed E-state index contributed by atoms with van der Waals surface area (Å²) in [6.07, 6.45) is -0.283. The minimum Gasteiger partial charge on any atom is -0.344 e. The summed E-state index contributed by atoms with van der Waals surface area (Å²) in [5.74, 6) is -1.07. The van der Waals surface area contributed by atoms with E-state index in [4.69, 9.17) is 0 Å². The third-order valence-corrected chi connectivity index (χ3v) is 5.82. The van der Waals surface area contributed by atoms with Crippen molar-refractivity contribution in [3.05, 3.63) is 102 Å². The molecule has 1 aliphatic rings. The monoisotopic (exact) mass is 443 g/mol. The molecule has 0 spiro atoms. The molecule has 0 atom stereocenters. The molecule has 4 rings (SSSR count). The lowest BCUT2D eigenvalue weighted by atomic mass is 9.99. The molecule has 3 aromatic carbocycles. The zero-order valence-corrected chi connectivity index (χ0v) is 18.0. The largest absolute Gasteiger partial charge is 0.344 e. The molecule has 3 aromatic rings. The molecule has 0 aliphatic carbocycles. The lowest BCUT2D eigenvalue weighted by Crippen LogP contribution is -2.41. The highest BCUT2D eigenvalue weighted by molar-refractivity contribution is 8.14. The number of nitrogens with one attached hydrogen (secondary N) is 1. The fraction of sp³-hybridized carbons (Fsp3) is 0.120. The van der Waals surface area contributed by atoms with Gasteiger partial charge in [-0.1, -0.05) is 90.6 Å². The zero-order valence-electron chi connectivity index (χ0n) is 17.2. The molecule has 1 N–H and O–H groups in total. The summed E-state index contributed by atoms with van der Waals surface area (Å²) in [7, 11) is 0. The molecular weight excluding hydrogens is 422 g/mol. The van der Waals surface area contributed by atoms with Gasteiger partial charge in [-0.3, -0.25) is 19.3 Å². The molecule has 0 saturated carbocycles. The van der Waals surface area contributed by atoms with Crippen molar-refractivity contribution in [2.75, 3.05) is 10.7 Å². The van der Waals surface area contributed by atoms with E-state index in [9.17, 15) is 14.4 Å². The minimum absolute atomic E-state index is 0.0128. The molecule has 0 saturated heterocycles. The van der Waals surface area contributed by atoms with Crippen LogP contribution in [-0.2, 0) is 14.4 Å². The van der Waals surface area contributed by atoms with Crippen LogP contribution in [0, 0.1) is 0 Å². The number of benzene rings is 3. The molecule has 7 heteroatoms. The van der Waals surface area contributed by atoms with E-state index in [-0.39, 0.29) is 35.2 Å². The maximum absolute atomic E-state index is 12.9. The second-order valence-electron chi connectivity index (χ2n) is 7.14. The van der Waals surface area contributed by atoms with E-state index in [2.05, 4.69) is 10.3 Å². The highest BCUT2D eigenvalue weighted by Crippen LogP contribution is 2.25. The van der Waals surface area contributed by atoms with Crippen LogP contribution in [0.3, 0.4) is 0 Å². The van der Waals surface area contributed by atoms with Crippen molar-refractivity contribution in [3.8, 4) is 0 Å². The van der Waals surface area contributed by atoms with Gasteiger partial charge in [-0.25, -0.2) is 0 Å². The average Bonchev–Trinajstić information content (AvgIpc) is 2.82. The van der Waals surface area contributed by atoms with E-state index in [1.807, 2.05) is 66.7 Å². The predicted octanol–water partition coefficient (Wildman–Crippen LogP) is 3.94. The van der Waals surface area contributed by atoms with Crippen LogP contribution in [0.15, 0.2) is 96.0 Å². The summed E-state index contributed by atoms with van der Waals surface area (Å²) in [5.41, 5.74) is 2.54. The lowest BCUT2D eigenvalue weighted by Gasteiger charge is -2.26. The van der Waals surface area contributed by atoms with Gasteiger partial charge >= 0.3 is 0 Å². The lowest BCUT2D eigenvalue weighted by molar-refractivity contribution is -0.126. The van der Waals surface area contributed by atoms with E-state index < -0.39 is 5.91 Å². The van der Waals surface area contributed by atoms with Crippen molar-refractivity contribution in [3.63, 3.8) is 0 Å². The van der Waals surface area contributed by atoms with Crippen molar-refractivity contribution in [1.82, 2.24) is 5.32 Å². The highest BCUT2D eigenvalue weighted by atomic mass is 32.2. The van der Waals surface area contributed by atoms with Gasteiger partial charge in [0.15, 0.2) is 5.17 Å². The van der Waals surface area contributed by atoms with Gasteiger partial charge in [0.2, 0.25) is 11.8 Å². The number of hydrogen-bond donors (Lipinski definition) is 1. The fourth-order valence-corrected chi connectivity index (χ4v) is 4.27. The van der Waals surface area contributed by atoms with Crippen molar-refractivity contribution < 1.29 is 14.4 Å². The Hall–Kier alpha value is -3.71. The van der Waals surface area contributed by atoms with E-state index >= 15 is 0 Å². The topological polar surface area (TPSA) is 78.8 Å². The van der Waals surface area contributed by atoms with E-state index in [1.54, 1.807) is 24.3 Å². The summed E-state index contributed by atoms with van der Waals surface area (Å²) < 4.78 is 0. The molecule has 6 nitrogen and oxygen atoms in total. The Morgan fingerprint density at radius 3 is 1.97 bits per heavy atom.